The Balaban J connectivity index is 1.45. The molecule has 2 heterocycles. The maximum atomic E-state index is 12.6. The summed E-state index contributed by atoms with van der Waals surface area (Å²) in [5.41, 5.74) is 0. The number of rotatable bonds is 2. The summed E-state index contributed by atoms with van der Waals surface area (Å²) < 4.78 is 0. The maximum Gasteiger partial charge on any atom is 0.225 e. The Kier molecular flexibility index (Phi) is 4.99. The van der Waals surface area contributed by atoms with E-state index in [9.17, 15) is 4.79 Å². The standard InChI is InChI=1S/C16H27N3OS/c20-15(18-9-3-1-2-4-10-18)13-7-11-19(12-8-13)16(21)17-14-5-6-14/h13-14H,1-12H2,(H,17,21). The number of piperidine rings is 1. The van der Waals surface area contributed by atoms with E-state index in [-0.39, 0.29) is 5.92 Å². The third kappa shape index (κ3) is 4.09. The van der Waals surface area contributed by atoms with Crippen LogP contribution in [0.4, 0.5) is 0 Å². The van der Waals surface area contributed by atoms with Crippen LogP contribution in [0.25, 0.3) is 0 Å². The molecule has 0 aromatic heterocycles. The lowest BCUT2D eigenvalue weighted by Crippen LogP contribution is -2.48. The molecule has 1 N–H and O–H groups in total. The van der Waals surface area contributed by atoms with E-state index < -0.39 is 0 Å². The van der Waals surface area contributed by atoms with Crippen LogP contribution < -0.4 is 5.32 Å². The van der Waals surface area contributed by atoms with E-state index >= 15 is 0 Å². The molecule has 3 aliphatic rings. The first-order valence-corrected chi connectivity index (χ1v) is 8.99. The Hall–Kier alpha value is -0.840. The fourth-order valence-corrected chi connectivity index (χ4v) is 3.72. The van der Waals surface area contributed by atoms with Crippen molar-refractivity contribution in [2.24, 2.45) is 5.92 Å². The molecule has 2 saturated heterocycles. The Morgan fingerprint density at radius 2 is 1.48 bits per heavy atom. The van der Waals surface area contributed by atoms with Crippen molar-refractivity contribution in [1.82, 2.24) is 15.1 Å². The summed E-state index contributed by atoms with van der Waals surface area (Å²) in [5, 5.41) is 4.30. The van der Waals surface area contributed by atoms with Crippen LogP contribution in [0, 0.1) is 5.92 Å². The predicted octanol–water partition coefficient (Wildman–Crippen LogP) is 2.14. The smallest absolute Gasteiger partial charge is 0.225 e. The molecule has 0 radical (unpaired) electrons. The Morgan fingerprint density at radius 1 is 0.857 bits per heavy atom. The predicted molar refractivity (Wildman–Crippen MR) is 88.1 cm³/mol. The van der Waals surface area contributed by atoms with E-state index in [0.29, 0.717) is 11.9 Å². The fraction of sp³-hybridized carbons (Fsp3) is 0.875. The number of hydrogen-bond donors (Lipinski definition) is 1. The van der Waals surface area contributed by atoms with Crippen LogP contribution in [0.3, 0.4) is 0 Å². The van der Waals surface area contributed by atoms with Crippen LogP contribution in [0.1, 0.15) is 51.4 Å². The normalized spacial score (nSPS) is 24.6. The Morgan fingerprint density at radius 3 is 2.05 bits per heavy atom. The highest BCUT2D eigenvalue weighted by Crippen LogP contribution is 2.23. The lowest BCUT2D eigenvalue weighted by molar-refractivity contribution is -0.136. The third-order valence-electron chi connectivity index (χ3n) is 4.95. The van der Waals surface area contributed by atoms with Crippen molar-refractivity contribution >= 4 is 23.2 Å². The van der Waals surface area contributed by atoms with Crippen molar-refractivity contribution in [2.75, 3.05) is 26.2 Å². The fourth-order valence-electron chi connectivity index (χ4n) is 3.37. The number of likely N-dealkylation sites (tertiary alicyclic amines) is 2. The second-order valence-corrected chi connectivity index (χ2v) is 7.11. The molecule has 0 bridgehead atoms. The summed E-state index contributed by atoms with van der Waals surface area (Å²) >= 11 is 5.46. The van der Waals surface area contributed by atoms with Gasteiger partial charge in [-0.3, -0.25) is 4.79 Å². The summed E-state index contributed by atoms with van der Waals surface area (Å²) in [7, 11) is 0. The summed E-state index contributed by atoms with van der Waals surface area (Å²) in [6.07, 6.45) is 9.35. The van der Waals surface area contributed by atoms with Crippen LogP contribution in [-0.2, 0) is 4.79 Å². The molecule has 2 aliphatic heterocycles. The van der Waals surface area contributed by atoms with Crippen molar-refractivity contribution in [2.45, 2.75) is 57.4 Å². The minimum Gasteiger partial charge on any atom is -0.360 e. The van der Waals surface area contributed by atoms with Gasteiger partial charge in [-0.1, -0.05) is 12.8 Å². The number of amides is 1. The van der Waals surface area contributed by atoms with Crippen molar-refractivity contribution < 1.29 is 4.79 Å². The van der Waals surface area contributed by atoms with Gasteiger partial charge in [-0.15, -0.1) is 0 Å². The molecule has 0 spiro atoms. The summed E-state index contributed by atoms with van der Waals surface area (Å²) in [5.74, 6) is 0.626. The first-order valence-electron chi connectivity index (χ1n) is 8.58. The van der Waals surface area contributed by atoms with E-state index in [1.807, 2.05) is 0 Å². The van der Waals surface area contributed by atoms with Gasteiger partial charge in [0.2, 0.25) is 5.91 Å². The largest absolute Gasteiger partial charge is 0.360 e. The molecule has 0 aromatic carbocycles. The van der Waals surface area contributed by atoms with Crippen LogP contribution in [0.2, 0.25) is 0 Å². The summed E-state index contributed by atoms with van der Waals surface area (Å²) in [6, 6.07) is 0.619. The van der Waals surface area contributed by atoms with Crippen LogP contribution in [0.5, 0.6) is 0 Å². The number of nitrogens with zero attached hydrogens (tertiary/aromatic N) is 2. The lowest BCUT2D eigenvalue weighted by Gasteiger charge is -2.35. The molecule has 4 nitrogen and oxygen atoms in total. The number of hydrogen-bond acceptors (Lipinski definition) is 2. The highest BCUT2D eigenvalue weighted by molar-refractivity contribution is 7.80. The van der Waals surface area contributed by atoms with Crippen molar-refractivity contribution in [3.63, 3.8) is 0 Å². The molecular weight excluding hydrogens is 282 g/mol. The maximum absolute atomic E-state index is 12.6. The molecule has 0 aromatic rings. The quantitative estimate of drug-likeness (QED) is 0.793. The first-order chi connectivity index (χ1) is 10.2. The number of carbonyl (C=O) groups excluding carboxylic acids is 1. The van der Waals surface area contributed by atoms with Gasteiger partial charge < -0.3 is 15.1 Å². The van der Waals surface area contributed by atoms with Crippen molar-refractivity contribution in [3.05, 3.63) is 0 Å². The zero-order chi connectivity index (χ0) is 14.7. The molecule has 0 atom stereocenters. The average Bonchev–Trinajstić information content (AvgIpc) is 3.33. The highest BCUT2D eigenvalue weighted by Gasteiger charge is 2.31. The molecule has 5 heteroatoms. The second kappa shape index (κ2) is 6.95. The van der Waals surface area contributed by atoms with E-state index in [2.05, 4.69) is 15.1 Å². The molecule has 118 valence electrons. The average molecular weight is 309 g/mol. The van der Waals surface area contributed by atoms with Gasteiger partial charge in [0.15, 0.2) is 5.11 Å². The van der Waals surface area contributed by atoms with E-state index in [1.165, 1.54) is 38.5 Å². The molecule has 1 saturated carbocycles. The van der Waals surface area contributed by atoms with Gasteiger partial charge in [0.05, 0.1) is 0 Å². The van der Waals surface area contributed by atoms with Gasteiger partial charge in [-0.2, -0.15) is 0 Å². The number of nitrogens with one attached hydrogen (secondary N) is 1. The van der Waals surface area contributed by atoms with Gasteiger partial charge in [0, 0.05) is 38.1 Å². The highest BCUT2D eigenvalue weighted by atomic mass is 32.1. The first kappa shape index (κ1) is 15.1. The molecule has 3 rings (SSSR count). The minimum atomic E-state index is 0.225. The van der Waals surface area contributed by atoms with Gasteiger partial charge >= 0.3 is 0 Å². The Labute approximate surface area is 133 Å². The molecule has 1 aliphatic carbocycles. The van der Waals surface area contributed by atoms with Gasteiger partial charge in [0.1, 0.15) is 0 Å². The third-order valence-corrected chi connectivity index (χ3v) is 5.33. The van der Waals surface area contributed by atoms with E-state index in [1.54, 1.807) is 0 Å². The molecular formula is C16H27N3OS. The molecule has 0 unspecified atom stereocenters. The summed E-state index contributed by atoms with van der Waals surface area (Å²) in [4.78, 5) is 17.0. The topological polar surface area (TPSA) is 35.6 Å². The molecule has 1 amide bonds. The summed E-state index contributed by atoms with van der Waals surface area (Å²) in [6.45, 7) is 3.81. The van der Waals surface area contributed by atoms with Crippen LogP contribution in [-0.4, -0.2) is 53.0 Å². The minimum absolute atomic E-state index is 0.225. The zero-order valence-corrected chi connectivity index (χ0v) is 13.7. The molecule has 3 fully saturated rings. The van der Waals surface area contributed by atoms with E-state index in [4.69, 9.17) is 12.2 Å². The van der Waals surface area contributed by atoms with Gasteiger partial charge in [-0.25, -0.2) is 0 Å². The number of thiocarbonyl (C=S) groups is 1. The van der Waals surface area contributed by atoms with Crippen molar-refractivity contribution in [3.8, 4) is 0 Å². The van der Waals surface area contributed by atoms with Crippen molar-refractivity contribution in [1.29, 1.82) is 0 Å². The Bertz CT molecular complexity index is 381. The van der Waals surface area contributed by atoms with Gasteiger partial charge in [0.25, 0.3) is 0 Å². The monoisotopic (exact) mass is 309 g/mol. The van der Waals surface area contributed by atoms with Gasteiger partial charge in [-0.05, 0) is 50.7 Å². The van der Waals surface area contributed by atoms with Crippen LogP contribution in [0.15, 0.2) is 0 Å². The van der Waals surface area contributed by atoms with E-state index in [0.717, 1.165) is 44.1 Å². The lowest BCUT2D eigenvalue weighted by atomic mass is 9.95. The number of carbonyl (C=O) groups is 1. The second-order valence-electron chi connectivity index (χ2n) is 6.72. The zero-order valence-electron chi connectivity index (χ0n) is 12.9. The molecule has 21 heavy (non-hydrogen) atoms. The van der Waals surface area contributed by atoms with Crippen LogP contribution >= 0.6 is 12.2 Å². The SMILES string of the molecule is O=C(C1CCN(C(=S)NC2CC2)CC1)N1CCCCCC1.